The number of hydrogen-bond donors (Lipinski definition) is 2. The van der Waals surface area contributed by atoms with Gasteiger partial charge < -0.3 is 20.1 Å². The molecule has 2 heterocycles. The Morgan fingerprint density at radius 2 is 2.17 bits per heavy atom. The van der Waals surface area contributed by atoms with E-state index >= 15 is 0 Å². The number of fused-ring (bicyclic) bond motifs is 1. The fourth-order valence-electron chi connectivity index (χ4n) is 3.07. The van der Waals surface area contributed by atoms with E-state index in [1.165, 1.54) is 16.9 Å². The molecule has 0 fully saturated rings. The average molecular weight is 417 g/mol. The van der Waals surface area contributed by atoms with Crippen LogP contribution in [-0.4, -0.2) is 64.8 Å². The number of carbonyl (C=O) groups excluding carboxylic acids is 1. The maximum Gasteiger partial charge on any atom is 0.274 e. The molecule has 29 heavy (non-hydrogen) atoms. The number of hydrogen-bond acceptors (Lipinski definition) is 6. The minimum atomic E-state index is -0.589. The first kappa shape index (κ1) is 21.4. The molecule has 8 heteroatoms. The van der Waals surface area contributed by atoms with Gasteiger partial charge in [-0.15, -0.1) is 11.3 Å². The highest BCUT2D eigenvalue weighted by Crippen LogP contribution is 2.19. The van der Waals surface area contributed by atoms with Gasteiger partial charge in [0.1, 0.15) is 0 Å². The molecule has 0 aliphatic rings. The second-order valence-electron chi connectivity index (χ2n) is 6.87. The zero-order valence-electron chi connectivity index (χ0n) is 16.9. The van der Waals surface area contributed by atoms with Gasteiger partial charge in [0.2, 0.25) is 0 Å². The van der Waals surface area contributed by atoms with Gasteiger partial charge in [-0.3, -0.25) is 9.20 Å². The van der Waals surface area contributed by atoms with Crippen LogP contribution in [0.3, 0.4) is 0 Å². The highest BCUT2D eigenvalue weighted by molar-refractivity contribution is 7.15. The Bertz CT molecular complexity index is 909. The monoisotopic (exact) mass is 416 g/mol. The first-order valence-corrected chi connectivity index (χ1v) is 10.7. The molecular formula is C21H28N4O3S. The molecule has 3 rings (SSSR count). The molecule has 156 valence electrons. The van der Waals surface area contributed by atoms with Crippen molar-refractivity contribution in [2.24, 2.45) is 0 Å². The Labute approximate surface area is 174 Å². The maximum atomic E-state index is 13.1. The van der Waals surface area contributed by atoms with Gasteiger partial charge in [0.15, 0.2) is 10.7 Å². The van der Waals surface area contributed by atoms with Gasteiger partial charge in [0, 0.05) is 44.9 Å². The van der Waals surface area contributed by atoms with E-state index in [1.54, 1.807) is 4.90 Å². The number of aromatic nitrogens is 2. The summed E-state index contributed by atoms with van der Waals surface area (Å²) >= 11 is 1.50. The van der Waals surface area contributed by atoms with Crippen molar-refractivity contribution in [1.29, 1.82) is 0 Å². The lowest BCUT2D eigenvalue weighted by atomic mass is 10.1. The quantitative estimate of drug-likeness (QED) is 0.501. The van der Waals surface area contributed by atoms with Crippen LogP contribution in [0.1, 0.15) is 28.7 Å². The Hall–Kier alpha value is -2.26. The van der Waals surface area contributed by atoms with Crippen LogP contribution in [0.15, 0.2) is 41.9 Å². The number of amides is 1. The number of carbonyl (C=O) groups is 1. The highest BCUT2D eigenvalue weighted by atomic mass is 32.1. The zero-order valence-corrected chi connectivity index (χ0v) is 17.7. The zero-order chi connectivity index (χ0) is 20.6. The molecule has 3 aromatic rings. The van der Waals surface area contributed by atoms with Crippen molar-refractivity contribution in [2.75, 3.05) is 33.4 Å². The Morgan fingerprint density at radius 3 is 2.93 bits per heavy atom. The summed E-state index contributed by atoms with van der Waals surface area (Å²) in [5, 5.41) is 15.1. The lowest BCUT2D eigenvalue weighted by molar-refractivity contribution is 0.0426. The van der Waals surface area contributed by atoms with E-state index in [4.69, 9.17) is 4.74 Å². The summed E-state index contributed by atoms with van der Waals surface area (Å²) in [7, 11) is 1.81. The number of imidazole rings is 1. The molecule has 0 saturated carbocycles. The van der Waals surface area contributed by atoms with E-state index in [9.17, 15) is 9.90 Å². The molecule has 2 N–H and O–H groups in total. The molecule has 0 radical (unpaired) electrons. The first-order chi connectivity index (χ1) is 14.1. The minimum Gasteiger partial charge on any atom is -0.389 e. The van der Waals surface area contributed by atoms with Gasteiger partial charge >= 0.3 is 0 Å². The smallest absolute Gasteiger partial charge is 0.274 e. The van der Waals surface area contributed by atoms with Crippen molar-refractivity contribution in [3.63, 3.8) is 0 Å². The van der Waals surface area contributed by atoms with E-state index in [-0.39, 0.29) is 12.5 Å². The molecule has 1 amide bonds. The van der Waals surface area contributed by atoms with Crippen molar-refractivity contribution >= 4 is 22.2 Å². The molecule has 0 spiro atoms. The summed E-state index contributed by atoms with van der Waals surface area (Å²) in [5.41, 5.74) is 2.46. The van der Waals surface area contributed by atoms with Gasteiger partial charge in [-0.2, -0.15) is 0 Å². The average Bonchev–Trinajstić information content (AvgIpc) is 3.33. The highest BCUT2D eigenvalue weighted by Gasteiger charge is 2.22. The largest absolute Gasteiger partial charge is 0.389 e. The normalized spacial score (nSPS) is 12.4. The van der Waals surface area contributed by atoms with Gasteiger partial charge in [0.05, 0.1) is 18.4 Å². The lowest BCUT2D eigenvalue weighted by Crippen LogP contribution is -2.33. The molecule has 1 atom stereocenters. The topological polar surface area (TPSA) is 79.1 Å². The summed E-state index contributed by atoms with van der Waals surface area (Å²) in [4.78, 5) is 20.1. The van der Waals surface area contributed by atoms with Crippen molar-refractivity contribution in [2.45, 2.75) is 26.0 Å². The van der Waals surface area contributed by atoms with Crippen LogP contribution in [0, 0.1) is 0 Å². The number of aliphatic hydroxyl groups excluding tert-OH is 1. The van der Waals surface area contributed by atoms with E-state index < -0.39 is 6.10 Å². The summed E-state index contributed by atoms with van der Waals surface area (Å²) in [5.74, 6) is -0.0940. The number of rotatable bonds is 11. The second-order valence-corrected chi connectivity index (χ2v) is 7.74. The maximum absolute atomic E-state index is 13.1. The number of nitrogens with zero attached hydrogens (tertiary/aromatic N) is 3. The Kier molecular flexibility index (Phi) is 7.76. The molecule has 0 aliphatic heterocycles. The van der Waals surface area contributed by atoms with Crippen molar-refractivity contribution < 1.29 is 14.6 Å². The number of aliphatic hydroxyl groups is 1. The van der Waals surface area contributed by atoms with Crippen LogP contribution < -0.4 is 5.32 Å². The van der Waals surface area contributed by atoms with Crippen LogP contribution in [0.2, 0.25) is 0 Å². The standard InChI is InChI=1S/C21H28N4O3S/c1-3-28-15-17(26)13-22-14-18-19(23-21-25(18)11-12-29-21)20(27)24(2)10-9-16-7-5-4-6-8-16/h4-8,11-12,17,22,26H,3,9-10,13-15H2,1-2H3. The van der Waals surface area contributed by atoms with Crippen molar-refractivity contribution in [3.8, 4) is 0 Å². The third-order valence-corrected chi connectivity index (χ3v) is 5.43. The molecule has 0 aliphatic carbocycles. The van der Waals surface area contributed by atoms with E-state index in [0.717, 1.165) is 17.1 Å². The van der Waals surface area contributed by atoms with Gasteiger partial charge in [-0.05, 0) is 18.9 Å². The summed E-state index contributed by atoms with van der Waals surface area (Å²) < 4.78 is 7.17. The number of nitrogens with one attached hydrogen (secondary N) is 1. The third kappa shape index (κ3) is 5.63. The summed E-state index contributed by atoms with van der Waals surface area (Å²) in [6.07, 6.45) is 2.12. The molecule has 0 saturated heterocycles. The first-order valence-electron chi connectivity index (χ1n) is 9.80. The van der Waals surface area contributed by atoms with Crippen LogP contribution in [0.5, 0.6) is 0 Å². The molecule has 0 bridgehead atoms. The van der Waals surface area contributed by atoms with Gasteiger partial charge in [0.25, 0.3) is 5.91 Å². The van der Waals surface area contributed by atoms with Crippen LogP contribution >= 0.6 is 11.3 Å². The number of ether oxygens (including phenoxy) is 1. The fraction of sp³-hybridized carbons (Fsp3) is 0.429. The van der Waals surface area contributed by atoms with E-state index in [2.05, 4.69) is 22.4 Å². The molecular weight excluding hydrogens is 388 g/mol. The number of likely N-dealkylation sites (N-methyl/N-ethyl adjacent to an activating group) is 1. The number of benzene rings is 1. The Balaban J connectivity index is 1.65. The SMILES string of the molecule is CCOCC(O)CNCc1c(C(=O)N(C)CCc2ccccc2)nc2sccn12. The summed E-state index contributed by atoms with van der Waals surface area (Å²) in [6.45, 7) is 4.20. The Morgan fingerprint density at radius 1 is 1.38 bits per heavy atom. The molecule has 1 aromatic carbocycles. The van der Waals surface area contributed by atoms with Crippen molar-refractivity contribution in [1.82, 2.24) is 19.6 Å². The van der Waals surface area contributed by atoms with Crippen LogP contribution in [0.4, 0.5) is 0 Å². The van der Waals surface area contributed by atoms with Gasteiger partial charge in [-0.25, -0.2) is 4.98 Å². The lowest BCUT2D eigenvalue weighted by Gasteiger charge is -2.17. The third-order valence-electron chi connectivity index (χ3n) is 4.68. The van der Waals surface area contributed by atoms with E-state index in [1.807, 2.05) is 48.1 Å². The predicted octanol–water partition coefficient (Wildman–Crippen LogP) is 2.20. The van der Waals surface area contributed by atoms with E-state index in [0.29, 0.717) is 31.9 Å². The second kappa shape index (κ2) is 10.5. The predicted molar refractivity (Wildman–Crippen MR) is 114 cm³/mol. The van der Waals surface area contributed by atoms with Crippen LogP contribution in [0.25, 0.3) is 4.96 Å². The van der Waals surface area contributed by atoms with Crippen molar-refractivity contribution in [3.05, 3.63) is 58.9 Å². The number of thiazole rings is 1. The fourth-order valence-corrected chi connectivity index (χ4v) is 3.80. The molecule has 2 aromatic heterocycles. The summed E-state index contributed by atoms with van der Waals surface area (Å²) in [6, 6.07) is 10.1. The van der Waals surface area contributed by atoms with Crippen LogP contribution in [-0.2, 0) is 17.7 Å². The minimum absolute atomic E-state index is 0.0940. The molecule has 7 nitrogen and oxygen atoms in total. The molecule has 1 unspecified atom stereocenters. The van der Waals surface area contributed by atoms with Gasteiger partial charge in [-0.1, -0.05) is 30.3 Å².